The van der Waals surface area contributed by atoms with Gasteiger partial charge in [0.05, 0.1) is 24.6 Å². The third-order valence-corrected chi connectivity index (χ3v) is 11.0. The number of rotatable bonds is 8. The van der Waals surface area contributed by atoms with Crippen molar-refractivity contribution in [2.75, 3.05) is 37.0 Å². The Balaban J connectivity index is 1.35. The molecule has 3 N–H and O–H groups in total. The van der Waals surface area contributed by atoms with E-state index in [2.05, 4.69) is 45.6 Å². The SMILES string of the molecule is CCN(c1cc(-c2ccc3c(c2)NC(=O)C32CCCCC2)cc(C(=O)NCc2c(OC)cc(C)[nH]c2=O)c1C)C1CCN(C(=O)OC(C)(C)C)CC1. The van der Waals surface area contributed by atoms with Crippen molar-refractivity contribution < 1.29 is 23.9 Å². The van der Waals surface area contributed by atoms with E-state index in [-0.39, 0.29) is 36.1 Å². The zero-order chi connectivity index (χ0) is 37.4. The highest BCUT2D eigenvalue weighted by atomic mass is 16.6. The van der Waals surface area contributed by atoms with Crippen LogP contribution in [-0.2, 0) is 21.5 Å². The fourth-order valence-corrected chi connectivity index (χ4v) is 8.27. The van der Waals surface area contributed by atoms with E-state index in [4.69, 9.17) is 9.47 Å². The fraction of sp³-hybridized carbons (Fsp3) is 0.512. The number of benzene rings is 2. The minimum atomic E-state index is -0.562. The summed E-state index contributed by atoms with van der Waals surface area (Å²) in [4.78, 5) is 60.1. The molecular weight excluding hydrogens is 658 g/mol. The molecule has 11 nitrogen and oxygen atoms in total. The van der Waals surface area contributed by atoms with Crippen LogP contribution in [0.4, 0.5) is 16.2 Å². The van der Waals surface area contributed by atoms with E-state index >= 15 is 0 Å². The number of nitrogens with one attached hydrogen (secondary N) is 3. The van der Waals surface area contributed by atoms with Gasteiger partial charge < -0.3 is 34.9 Å². The van der Waals surface area contributed by atoms with E-state index in [0.717, 1.165) is 78.6 Å². The normalized spacial score (nSPS) is 17.1. The number of H-pyrrole nitrogens is 1. The van der Waals surface area contributed by atoms with Gasteiger partial charge in [0.25, 0.3) is 11.5 Å². The number of aromatic nitrogens is 1. The number of ether oxygens (including phenoxy) is 2. The molecule has 0 unspecified atom stereocenters. The molecule has 3 aromatic rings. The maximum absolute atomic E-state index is 14.1. The molecule has 3 heterocycles. The van der Waals surface area contributed by atoms with Crippen LogP contribution in [0.2, 0.25) is 0 Å². The number of likely N-dealkylation sites (tertiary alicyclic amines) is 1. The minimum Gasteiger partial charge on any atom is -0.496 e. The lowest BCUT2D eigenvalue weighted by atomic mass is 9.70. The average molecular weight is 712 g/mol. The van der Waals surface area contributed by atoms with Crippen molar-refractivity contribution in [1.29, 1.82) is 0 Å². The van der Waals surface area contributed by atoms with Crippen LogP contribution in [-0.4, -0.2) is 66.2 Å². The monoisotopic (exact) mass is 711 g/mol. The van der Waals surface area contributed by atoms with Gasteiger partial charge in [0, 0.05) is 48.3 Å². The lowest BCUT2D eigenvalue weighted by molar-refractivity contribution is -0.121. The molecule has 0 bridgehead atoms. The number of anilines is 2. The maximum Gasteiger partial charge on any atom is 0.410 e. The summed E-state index contributed by atoms with van der Waals surface area (Å²) in [5, 5.41) is 6.17. The number of aryl methyl sites for hydroxylation is 1. The Morgan fingerprint density at radius 2 is 1.71 bits per heavy atom. The summed E-state index contributed by atoms with van der Waals surface area (Å²) in [5.41, 5.74) is 5.57. The minimum absolute atomic E-state index is 0.00972. The number of aromatic amines is 1. The van der Waals surface area contributed by atoms with Crippen molar-refractivity contribution in [2.45, 2.75) is 110 Å². The number of amides is 3. The molecule has 52 heavy (non-hydrogen) atoms. The fourth-order valence-electron chi connectivity index (χ4n) is 8.27. The predicted octanol–water partition coefficient (Wildman–Crippen LogP) is 6.98. The number of pyridine rings is 1. The molecule has 1 spiro atoms. The first-order valence-corrected chi connectivity index (χ1v) is 18.6. The third kappa shape index (κ3) is 7.27. The first-order valence-electron chi connectivity index (χ1n) is 18.6. The second kappa shape index (κ2) is 14.7. The smallest absolute Gasteiger partial charge is 0.410 e. The van der Waals surface area contributed by atoms with Gasteiger partial charge in [-0.1, -0.05) is 31.4 Å². The molecule has 2 aromatic carbocycles. The Kier molecular flexibility index (Phi) is 10.4. The number of methoxy groups -OCH3 is 1. The lowest BCUT2D eigenvalue weighted by Gasteiger charge is -2.40. The highest BCUT2D eigenvalue weighted by molar-refractivity contribution is 6.07. The van der Waals surface area contributed by atoms with Gasteiger partial charge >= 0.3 is 6.09 Å². The molecule has 3 aliphatic rings. The second-order valence-corrected chi connectivity index (χ2v) is 15.5. The molecule has 3 amide bonds. The van der Waals surface area contributed by atoms with E-state index in [1.165, 1.54) is 7.11 Å². The molecule has 1 aliphatic carbocycles. The van der Waals surface area contributed by atoms with Gasteiger partial charge in [-0.05, 0) is 114 Å². The van der Waals surface area contributed by atoms with Crippen LogP contribution in [0.1, 0.15) is 105 Å². The van der Waals surface area contributed by atoms with Crippen molar-refractivity contribution in [3.63, 3.8) is 0 Å². The lowest BCUT2D eigenvalue weighted by Crippen LogP contribution is -2.48. The molecular formula is C41H53N5O6. The number of piperidine rings is 1. The number of nitrogens with zero attached hydrogens (tertiary/aromatic N) is 2. The number of carbonyl (C=O) groups excluding carboxylic acids is 3. The Labute approximate surface area is 306 Å². The average Bonchev–Trinajstić information content (AvgIpc) is 3.37. The first kappa shape index (κ1) is 37.0. The topological polar surface area (TPSA) is 133 Å². The van der Waals surface area contributed by atoms with E-state index < -0.39 is 11.0 Å². The van der Waals surface area contributed by atoms with Crippen LogP contribution >= 0.6 is 0 Å². The predicted molar refractivity (Wildman–Crippen MR) is 203 cm³/mol. The molecule has 0 radical (unpaired) electrons. The number of carbonyl (C=O) groups is 3. The summed E-state index contributed by atoms with van der Waals surface area (Å²) in [6.45, 7) is 13.3. The van der Waals surface area contributed by atoms with Gasteiger partial charge in [-0.3, -0.25) is 14.4 Å². The summed E-state index contributed by atoms with van der Waals surface area (Å²) < 4.78 is 11.1. The maximum atomic E-state index is 14.1. The highest BCUT2D eigenvalue weighted by Crippen LogP contribution is 2.48. The van der Waals surface area contributed by atoms with Crippen LogP contribution in [0, 0.1) is 13.8 Å². The molecule has 1 aromatic heterocycles. The molecule has 278 valence electrons. The number of fused-ring (bicyclic) bond motifs is 2. The highest BCUT2D eigenvalue weighted by Gasteiger charge is 2.47. The summed E-state index contributed by atoms with van der Waals surface area (Å²) in [7, 11) is 1.51. The van der Waals surface area contributed by atoms with Crippen LogP contribution in [0.3, 0.4) is 0 Å². The van der Waals surface area contributed by atoms with Crippen LogP contribution in [0.5, 0.6) is 5.75 Å². The van der Waals surface area contributed by atoms with Crippen molar-refractivity contribution in [2.24, 2.45) is 0 Å². The van der Waals surface area contributed by atoms with E-state index in [9.17, 15) is 19.2 Å². The van der Waals surface area contributed by atoms with Crippen LogP contribution in [0.15, 0.2) is 41.2 Å². The Morgan fingerprint density at radius 1 is 1.00 bits per heavy atom. The molecule has 0 atom stereocenters. The number of hydrogen-bond donors (Lipinski definition) is 3. The summed E-state index contributed by atoms with van der Waals surface area (Å²) in [5.74, 6) is 0.188. The van der Waals surface area contributed by atoms with E-state index in [0.29, 0.717) is 42.2 Å². The Morgan fingerprint density at radius 3 is 2.37 bits per heavy atom. The van der Waals surface area contributed by atoms with Gasteiger partial charge in [-0.2, -0.15) is 0 Å². The van der Waals surface area contributed by atoms with Gasteiger partial charge in [0.2, 0.25) is 5.91 Å². The summed E-state index contributed by atoms with van der Waals surface area (Å²) >= 11 is 0. The Bertz CT molecular complexity index is 1910. The molecule has 11 heteroatoms. The molecule has 6 rings (SSSR count). The van der Waals surface area contributed by atoms with Gasteiger partial charge in [0.15, 0.2) is 0 Å². The third-order valence-electron chi connectivity index (χ3n) is 11.0. The van der Waals surface area contributed by atoms with Crippen molar-refractivity contribution in [1.82, 2.24) is 15.2 Å². The van der Waals surface area contributed by atoms with E-state index in [1.807, 2.05) is 39.8 Å². The number of hydrogen-bond acceptors (Lipinski definition) is 7. The largest absolute Gasteiger partial charge is 0.496 e. The second-order valence-electron chi connectivity index (χ2n) is 15.5. The Hall–Kier alpha value is -4.80. The first-order chi connectivity index (χ1) is 24.7. The quantitative estimate of drug-likeness (QED) is 0.230. The zero-order valence-electron chi connectivity index (χ0n) is 31.7. The standard InChI is InChI=1S/C41H53N5O6/c1-8-46(29-14-18-45(19-15-29)39(50)52-40(4,5)6)34-23-28(27-12-13-32-33(22-27)44-38(49)41(32)16-10-9-11-17-41)21-30(26(34)3)36(47)42-24-31-35(51-7)20-25(2)43-37(31)48/h12-13,20-23,29H,8-11,14-19,24H2,1-7H3,(H,42,47)(H,43,48)(H,44,49). The van der Waals surface area contributed by atoms with E-state index in [1.54, 1.807) is 17.9 Å². The van der Waals surface area contributed by atoms with Crippen molar-refractivity contribution >= 4 is 29.3 Å². The zero-order valence-corrected chi connectivity index (χ0v) is 31.7. The van der Waals surface area contributed by atoms with Gasteiger partial charge in [-0.25, -0.2) is 4.79 Å². The van der Waals surface area contributed by atoms with Crippen molar-refractivity contribution in [3.05, 3.63) is 74.7 Å². The van der Waals surface area contributed by atoms with Crippen LogP contribution < -0.4 is 25.8 Å². The molecule has 2 aliphatic heterocycles. The van der Waals surface area contributed by atoms with Crippen LogP contribution in [0.25, 0.3) is 11.1 Å². The molecule has 1 saturated heterocycles. The molecule has 1 saturated carbocycles. The van der Waals surface area contributed by atoms with Gasteiger partial charge in [-0.15, -0.1) is 0 Å². The summed E-state index contributed by atoms with van der Waals surface area (Å²) in [6, 6.07) is 12.1. The van der Waals surface area contributed by atoms with Gasteiger partial charge in [0.1, 0.15) is 11.4 Å². The summed E-state index contributed by atoms with van der Waals surface area (Å²) in [6.07, 6.45) is 6.15. The molecule has 2 fully saturated rings. The van der Waals surface area contributed by atoms with Crippen molar-refractivity contribution in [3.8, 4) is 16.9 Å².